The topological polar surface area (TPSA) is 98.7 Å². The number of aromatic nitrogens is 1. The normalized spacial score (nSPS) is 10.8. The summed E-state index contributed by atoms with van der Waals surface area (Å²) in [6.45, 7) is 1.70. The summed E-state index contributed by atoms with van der Waals surface area (Å²) in [5.41, 5.74) is 6.75. The molecule has 0 bridgehead atoms. The quantitative estimate of drug-likeness (QED) is 0.711. The fourth-order valence-electron chi connectivity index (χ4n) is 2.64. The highest BCUT2D eigenvalue weighted by Gasteiger charge is 2.18. The second-order valence-electron chi connectivity index (χ2n) is 6.26. The Morgan fingerprint density at radius 3 is 2.74 bits per heavy atom. The van der Waals surface area contributed by atoms with Gasteiger partial charge < -0.3 is 19.8 Å². The number of ether oxygens (including phenoxy) is 1. The van der Waals surface area contributed by atoms with E-state index >= 15 is 0 Å². The van der Waals surface area contributed by atoms with Crippen molar-refractivity contribution in [2.75, 3.05) is 19.8 Å². The van der Waals surface area contributed by atoms with Gasteiger partial charge in [-0.25, -0.2) is 19.0 Å². The van der Waals surface area contributed by atoms with Crippen LogP contribution in [0.5, 0.6) is 5.75 Å². The number of anilines is 1. The molecule has 0 atom stereocenters. The van der Waals surface area contributed by atoms with Crippen molar-refractivity contribution in [3.05, 3.63) is 63.4 Å². The van der Waals surface area contributed by atoms with Crippen LogP contribution in [-0.4, -0.2) is 30.1 Å². The number of hydrogen-bond acceptors (Lipinski definition) is 6. The van der Waals surface area contributed by atoms with Crippen molar-refractivity contribution in [2.45, 2.75) is 13.3 Å². The number of carbonyl (C=O) groups is 1. The van der Waals surface area contributed by atoms with E-state index in [0.717, 1.165) is 4.90 Å². The Bertz CT molecular complexity index is 1090. The van der Waals surface area contributed by atoms with Gasteiger partial charge in [0.2, 0.25) is 0 Å². The van der Waals surface area contributed by atoms with Crippen LogP contribution in [0.25, 0.3) is 11.0 Å². The highest BCUT2D eigenvalue weighted by atomic mass is 19.1. The molecule has 0 aliphatic heterocycles. The summed E-state index contributed by atoms with van der Waals surface area (Å²) >= 11 is 0. The van der Waals surface area contributed by atoms with Gasteiger partial charge in [-0.15, -0.1) is 0 Å². The van der Waals surface area contributed by atoms with Crippen LogP contribution in [0, 0.1) is 12.7 Å². The van der Waals surface area contributed by atoms with Crippen molar-refractivity contribution in [1.82, 2.24) is 9.88 Å². The Hall–Kier alpha value is -3.42. The molecule has 1 aromatic carbocycles. The Kier molecular flexibility index (Phi) is 4.81. The van der Waals surface area contributed by atoms with E-state index in [-0.39, 0.29) is 17.8 Å². The molecular weight excluding hydrogens is 353 g/mol. The molecule has 0 unspecified atom stereocenters. The largest absolute Gasteiger partial charge is 0.422 e. The van der Waals surface area contributed by atoms with Gasteiger partial charge in [-0.2, -0.15) is 0 Å². The van der Waals surface area contributed by atoms with Gasteiger partial charge in [0.1, 0.15) is 11.4 Å². The lowest BCUT2D eigenvalue weighted by atomic mass is 10.0. The van der Waals surface area contributed by atoms with Crippen molar-refractivity contribution in [1.29, 1.82) is 0 Å². The minimum atomic E-state index is -0.739. The minimum Gasteiger partial charge on any atom is -0.422 e. The summed E-state index contributed by atoms with van der Waals surface area (Å²) < 4.78 is 24.7. The number of benzene rings is 1. The van der Waals surface area contributed by atoms with E-state index in [1.54, 1.807) is 25.1 Å². The highest BCUT2D eigenvalue weighted by molar-refractivity contribution is 5.83. The van der Waals surface area contributed by atoms with Crippen molar-refractivity contribution >= 4 is 22.9 Å². The van der Waals surface area contributed by atoms with E-state index in [1.807, 2.05) is 0 Å². The number of aryl methyl sites for hydroxylation is 1. The SMILES string of the molecule is Cc1c(Cc2cccc(N)n2)c(=O)oc2cc(OC(=O)N(C)C)c(F)cc12. The van der Waals surface area contributed by atoms with Crippen LogP contribution < -0.4 is 16.1 Å². The zero-order chi connectivity index (χ0) is 19.7. The van der Waals surface area contributed by atoms with E-state index in [0.29, 0.717) is 28.0 Å². The number of nitrogen functional groups attached to an aromatic ring is 1. The first-order valence-corrected chi connectivity index (χ1v) is 8.12. The second kappa shape index (κ2) is 7.06. The van der Waals surface area contributed by atoms with Crippen LogP contribution >= 0.6 is 0 Å². The van der Waals surface area contributed by atoms with Crippen molar-refractivity contribution in [2.24, 2.45) is 0 Å². The molecule has 0 radical (unpaired) electrons. The Labute approximate surface area is 154 Å². The van der Waals surface area contributed by atoms with E-state index in [4.69, 9.17) is 14.9 Å². The van der Waals surface area contributed by atoms with Gasteiger partial charge in [-0.1, -0.05) is 6.07 Å². The van der Waals surface area contributed by atoms with Gasteiger partial charge in [0, 0.05) is 43.2 Å². The maximum absolute atomic E-state index is 14.4. The van der Waals surface area contributed by atoms with Gasteiger partial charge in [0.25, 0.3) is 0 Å². The second-order valence-corrected chi connectivity index (χ2v) is 6.26. The number of hydrogen-bond donors (Lipinski definition) is 1. The molecule has 3 aromatic rings. The fraction of sp³-hybridized carbons (Fsp3) is 0.211. The number of halogens is 1. The van der Waals surface area contributed by atoms with E-state index < -0.39 is 17.5 Å². The molecule has 2 heterocycles. The first kappa shape index (κ1) is 18.4. The number of rotatable bonds is 3. The van der Waals surface area contributed by atoms with E-state index in [1.165, 1.54) is 26.2 Å². The summed E-state index contributed by atoms with van der Waals surface area (Å²) in [6.07, 6.45) is -0.537. The molecule has 0 saturated carbocycles. The fourth-order valence-corrected chi connectivity index (χ4v) is 2.64. The zero-order valence-electron chi connectivity index (χ0n) is 15.1. The molecule has 0 saturated heterocycles. The third-order valence-electron chi connectivity index (χ3n) is 4.09. The van der Waals surface area contributed by atoms with Crippen molar-refractivity contribution in [3.8, 4) is 5.75 Å². The Balaban J connectivity index is 2.06. The summed E-state index contributed by atoms with van der Waals surface area (Å²) in [5, 5.41) is 0.413. The number of nitrogens with two attached hydrogens (primary N) is 1. The molecule has 0 fully saturated rings. The number of pyridine rings is 1. The van der Waals surface area contributed by atoms with Gasteiger partial charge in [-0.3, -0.25) is 0 Å². The molecule has 7 nitrogen and oxygen atoms in total. The average Bonchev–Trinajstić information content (AvgIpc) is 2.60. The van der Waals surface area contributed by atoms with Gasteiger partial charge in [-0.05, 0) is 30.7 Å². The molecule has 0 spiro atoms. The summed E-state index contributed by atoms with van der Waals surface area (Å²) in [4.78, 5) is 29.4. The number of fused-ring (bicyclic) bond motifs is 1. The molecule has 3 rings (SSSR count). The first-order valence-electron chi connectivity index (χ1n) is 8.12. The maximum Gasteiger partial charge on any atom is 0.414 e. The molecule has 2 N–H and O–H groups in total. The third kappa shape index (κ3) is 3.74. The molecule has 27 heavy (non-hydrogen) atoms. The van der Waals surface area contributed by atoms with Crippen LogP contribution in [-0.2, 0) is 6.42 Å². The lowest BCUT2D eigenvalue weighted by molar-refractivity contribution is 0.170. The zero-order valence-corrected chi connectivity index (χ0v) is 15.1. The van der Waals surface area contributed by atoms with Crippen molar-refractivity contribution in [3.63, 3.8) is 0 Å². The summed E-state index contributed by atoms with van der Waals surface area (Å²) in [7, 11) is 2.95. The van der Waals surface area contributed by atoms with E-state index in [9.17, 15) is 14.0 Å². The molecule has 0 aliphatic rings. The van der Waals surface area contributed by atoms with Crippen LogP contribution in [0.3, 0.4) is 0 Å². The molecule has 140 valence electrons. The summed E-state index contributed by atoms with van der Waals surface area (Å²) in [6, 6.07) is 7.50. The van der Waals surface area contributed by atoms with Crippen LogP contribution in [0.1, 0.15) is 16.8 Å². The van der Waals surface area contributed by atoms with Crippen molar-refractivity contribution < 1.29 is 18.3 Å². The first-order chi connectivity index (χ1) is 12.8. The predicted octanol–water partition coefficient (Wildman–Crippen LogP) is 2.87. The predicted molar refractivity (Wildman–Crippen MR) is 98.3 cm³/mol. The number of nitrogens with zero attached hydrogens (tertiary/aromatic N) is 2. The standard InChI is InChI=1S/C19H18FN3O4/c1-10-12-8-14(20)16(27-19(25)23(2)3)9-15(12)26-18(24)13(10)7-11-5-4-6-17(21)22-11/h4-6,8-9H,7H2,1-3H3,(H2,21,22). The van der Waals surface area contributed by atoms with Crippen LogP contribution in [0.2, 0.25) is 0 Å². The van der Waals surface area contributed by atoms with Crippen LogP contribution in [0.15, 0.2) is 39.5 Å². The number of amides is 1. The molecule has 1 amide bonds. The average molecular weight is 371 g/mol. The van der Waals surface area contributed by atoms with Crippen LogP contribution in [0.4, 0.5) is 15.0 Å². The number of carbonyl (C=O) groups excluding carboxylic acids is 1. The molecule has 8 heteroatoms. The monoisotopic (exact) mass is 371 g/mol. The van der Waals surface area contributed by atoms with Gasteiger partial charge in [0.15, 0.2) is 11.6 Å². The molecular formula is C19H18FN3O4. The lowest BCUT2D eigenvalue weighted by Crippen LogP contribution is -2.25. The Morgan fingerprint density at radius 2 is 2.07 bits per heavy atom. The maximum atomic E-state index is 14.4. The molecule has 0 aliphatic carbocycles. The van der Waals surface area contributed by atoms with Gasteiger partial charge in [0.05, 0.1) is 0 Å². The summed E-state index contributed by atoms with van der Waals surface area (Å²) in [5.74, 6) is -0.703. The third-order valence-corrected chi connectivity index (χ3v) is 4.09. The Morgan fingerprint density at radius 1 is 1.33 bits per heavy atom. The minimum absolute atomic E-state index is 0.129. The van der Waals surface area contributed by atoms with Gasteiger partial charge >= 0.3 is 11.7 Å². The van der Waals surface area contributed by atoms with E-state index in [2.05, 4.69) is 4.98 Å². The highest BCUT2D eigenvalue weighted by Crippen LogP contribution is 2.28. The molecule has 2 aromatic heterocycles. The lowest BCUT2D eigenvalue weighted by Gasteiger charge is -2.13. The smallest absolute Gasteiger partial charge is 0.414 e.